The smallest absolute Gasteiger partial charge is 0.357 e. The second kappa shape index (κ2) is 17.4. The predicted octanol–water partition coefficient (Wildman–Crippen LogP) is 13.6. The number of hydrogen-bond acceptors (Lipinski definition) is 6. The van der Waals surface area contributed by atoms with Gasteiger partial charge in [-0.2, -0.15) is 0 Å². The van der Waals surface area contributed by atoms with Gasteiger partial charge in [-0.25, -0.2) is 27.5 Å². The van der Waals surface area contributed by atoms with Crippen molar-refractivity contribution in [1.29, 1.82) is 0 Å². The minimum Gasteiger partial charge on any atom is -0.357 e. The summed E-state index contributed by atoms with van der Waals surface area (Å²) in [6, 6.07) is 25.6. The molecule has 0 radical (unpaired) electrons. The van der Waals surface area contributed by atoms with E-state index in [9.17, 15) is 0 Å². The summed E-state index contributed by atoms with van der Waals surface area (Å²) in [5, 5.41) is 0. The molecule has 2 aliphatic heterocycles. The average molecular weight is 972 g/mol. The molecule has 8 nitrogen and oxygen atoms in total. The zero-order chi connectivity index (χ0) is 48.8. The molecule has 4 aromatic carbocycles. The Morgan fingerprint density at radius 1 is 0.333 bits per heavy atom. The van der Waals surface area contributed by atoms with Gasteiger partial charge in [0.25, 0.3) is 0 Å². The number of nitrogens with zero attached hydrogens (tertiary/aromatic N) is 8. The van der Waals surface area contributed by atoms with E-state index >= 15 is 17.6 Å². The van der Waals surface area contributed by atoms with Crippen LogP contribution < -0.4 is 9.97 Å². The van der Waals surface area contributed by atoms with Gasteiger partial charge in [-0.05, 0) is 68.2 Å². The molecule has 0 saturated heterocycles. The summed E-state index contributed by atoms with van der Waals surface area (Å²) in [4.78, 5) is 41.5. The van der Waals surface area contributed by atoms with Gasteiger partial charge in [0.15, 0.2) is 0 Å². The molecule has 7 aromatic rings. The Morgan fingerprint density at radius 3 is 0.884 bits per heavy atom. The summed E-state index contributed by atoms with van der Waals surface area (Å²) in [5.74, 6) is -1.51. The van der Waals surface area contributed by atoms with Crippen LogP contribution in [0.25, 0.3) is 67.1 Å². The fourth-order valence-electron chi connectivity index (χ4n) is 9.31. The van der Waals surface area contributed by atoms with Crippen LogP contribution >= 0.6 is 0 Å². The van der Waals surface area contributed by atoms with E-state index in [4.69, 9.17) is 39.9 Å². The minimum absolute atomic E-state index is 0. The molecule has 0 unspecified atom stereocenters. The number of rotatable bonds is 4. The van der Waals surface area contributed by atoms with Gasteiger partial charge < -0.3 is 29.9 Å². The fourth-order valence-corrected chi connectivity index (χ4v) is 9.31. The standard InChI is InChI=1S/C56H52F4N8.Ni/c1-53(2,3)41-37(29-21-13-17-25-33(29)57)45-61-49(41)65-46-38(30-22-14-18-26-34(30)58)42(54(4,5)6)51(62-46)67-48-40(32-24-16-20-28-36(32)60)44(56(10,11)12)52(64-48)68-47-39(31-23-15-19-27-35(31)59)43(55(7,8)9)50(63-47)66-45;/h13-28H,1-12H3;/q-2;+2. The molecule has 13 heteroatoms. The van der Waals surface area contributed by atoms with E-state index in [1.54, 1.807) is 72.8 Å². The quantitative estimate of drug-likeness (QED) is 0.127. The van der Waals surface area contributed by atoms with Crippen molar-refractivity contribution in [2.45, 2.75) is 93.9 Å². The number of fused-ring (bicyclic) bond motifs is 8. The summed E-state index contributed by atoms with van der Waals surface area (Å²) in [5.41, 5.74) is 2.15. The molecule has 3 aromatic heterocycles. The van der Waals surface area contributed by atoms with E-state index in [-0.39, 0.29) is 84.6 Å². The molecular formula is C56H52F4N8Ni. The van der Waals surface area contributed by atoms with Crippen molar-refractivity contribution in [3.63, 3.8) is 0 Å². The third-order valence-electron chi connectivity index (χ3n) is 12.1. The van der Waals surface area contributed by atoms with Crippen molar-refractivity contribution in [2.24, 2.45) is 10.8 Å². The summed E-state index contributed by atoms with van der Waals surface area (Å²) < 4.78 is 65.6. The molecule has 0 saturated carbocycles. The van der Waals surface area contributed by atoms with Crippen LogP contribution in [0.3, 0.4) is 0 Å². The first-order chi connectivity index (χ1) is 31.9. The number of aromatic nitrogens is 8. The Hall–Kier alpha value is -6.59. The first kappa shape index (κ1) is 48.9. The van der Waals surface area contributed by atoms with E-state index in [2.05, 4.69) is 0 Å². The van der Waals surface area contributed by atoms with Crippen LogP contribution in [0.2, 0.25) is 0 Å². The molecule has 0 atom stereocenters. The van der Waals surface area contributed by atoms with Crippen LogP contribution in [0.5, 0.6) is 0 Å². The zero-order valence-electron chi connectivity index (χ0n) is 40.6. The van der Waals surface area contributed by atoms with Crippen molar-refractivity contribution in [3.8, 4) is 22.3 Å². The van der Waals surface area contributed by atoms with E-state index in [0.717, 1.165) is 0 Å². The van der Waals surface area contributed by atoms with Gasteiger partial charge >= 0.3 is 16.5 Å². The Morgan fingerprint density at radius 2 is 0.609 bits per heavy atom. The van der Waals surface area contributed by atoms with Crippen molar-refractivity contribution in [3.05, 3.63) is 166 Å². The second-order valence-electron chi connectivity index (χ2n) is 21.4. The van der Waals surface area contributed by atoms with E-state index < -0.39 is 44.9 Å². The first-order valence-corrected chi connectivity index (χ1v) is 22.6. The van der Waals surface area contributed by atoms with E-state index in [1.807, 2.05) is 83.1 Å². The van der Waals surface area contributed by atoms with Crippen LogP contribution in [0, 0.1) is 34.1 Å². The Labute approximate surface area is 409 Å². The van der Waals surface area contributed by atoms with Gasteiger partial charge in [-0.3, -0.25) is 0 Å². The molecule has 8 bridgehead atoms. The van der Waals surface area contributed by atoms with Crippen molar-refractivity contribution >= 4 is 44.9 Å². The molecule has 5 heterocycles. The normalized spacial score (nSPS) is 13.6. The summed E-state index contributed by atoms with van der Waals surface area (Å²) >= 11 is 0. The topological polar surface area (TPSA) is 106 Å². The number of allylic oxidation sites excluding steroid dienone is 2. The van der Waals surface area contributed by atoms with Crippen molar-refractivity contribution in [2.75, 3.05) is 0 Å². The van der Waals surface area contributed by atoms with Gasteiger partial charge in [0.1, 0.15) is 23.3 Å². The van der Waals surface area contributed by atoms with Crippen LogP contribution in [-0.4, -0.2) is 29.9 Å². The Balaban J connectivity index is 0.00000642. The number of halogens is 4. The monoisotopic (exact) mass is 970 g/mol. The molecule has 69 heavy (non-hydrogen) atoms. The largest absolute Gasteiger partial charge is 2.00 e. The van der Waals surface area contributed by atoms with Gasteiger partial charge in [-0.1, -0.05) is 156 Å². The Kier molecular flexibility index (Phi) is 12.3. The molecular weight excluding hydrogens is 919 g/mol. The first-order valence-electron chi connectivity index (χ1n) is 22.6. The molecule has 0 spiro atoms. The zero-order valence-corrected chi connectivity index (χ0v) is 41.6. The fraction of sp³-hybridized carbons (Fsp3) is 0.286. The van der Waals surface area contributed by atoms with E-state index in [0.29, 0.717) is 44.5 Å². The minimum atomic E-state index is -0.747. The van der Waals surface area contributed by atoms with E-state index in [1.165, 1.54) is 24.3 Å². The molecule has 2 aliphatic rings. The maximum absolute atomic E-state index is 16.4. The van der Waals surface area contributed by atoms with Crippen LogP contribution in [0.15, 0.2) is 97.1 Å². The van der Waals surface area contributed by atoms with Crippen molar-refractivity contribution < 1.29 is 34.1 Å². The number of benzene rings is 4. The molecule has 0 amide bonds. The van der Waals surface area contributed by atoms with Gasteiger partial charge in [0, 0.05) is 67.1 Å². The molecule has 9 rings (SSSR count). The number of hydrogen-bond donors (Lipinski definition) is 0. The second-order valence-corrected chi connectivity index (χ2v) is 21.4. The SMILES string of the molecule is CC(C)(C)C1=C(c2ccccc2F)c2nc1nc1[n-]c(nc3nc(nc4[n-]c(n2)c(C(C)(C)C)c4-c2ccccc2F)C(C(C)(C)C)=C3c2ccccc2F)c(C(C)(C)C)c1-c1ccccc1F.[Ni+2]. The summed E-state index contributed by atoms with van der Waals surface area (Å²) in [6.07, 6.45) is 0. The third-order valence-corrected chi connectivity index (χ3v) is 12.1. The summed E-state index contributed by atoms with van der Waals surface area (Å²) in [7, 11) is 0. The molecule has 0 fully saturated rings. The molecule has 354 valence electrons. The van der Waals surface area contributed by atoms with Crippen LogP contribution in [-0.2, 0) is 27.3 Å². The van der Waals surface area contributed by atoms with Crippen molar-refractivity contribution in [1.82, 2.24) is 39.9 Å². The van der Waals surface area contributed by atoms with Gasteiger partial charge in [0.2, 0.25) is 0 Å². The molecule has 0 aliphatic carbocycles. The van der Waals surface area contributed by atoms with Crippen LogP contribution in [0.4, 0.5) is 17.6 Å². The Bertz CT molecular complexity index is 3220. The summed E-state index contributed by atoms with van der Waals surface area (Å²) in [6.45, 7) is 23.7. The van der Waals surface area contributed by atoms with Crippen LogP contribution in [0.1, 0.15) is 129 Å². The van der Waals surface area contributed by atoms with Gasteiger partial charge in [0.05, 0.1) is 23.3 Å². The third kappa shape index (κ3) is 8.75. The predicted molar refractivity (Wildman–Crippen MR) is 262 cm³/mol. The maximum Gasteiger partial charge on any atom is 2.00 e. The van der Waals surface area contributed by atoms with Gasteiger partial charge in [-0.15, -0.1) is 0 Å². The maximum atomic E-state index is 16.4. The molecule has 0 N–H and O–H groups in total. The average Bonchev–Trinajstić information content (AvgIpc) is 3.99.